The third-order valence-electron chi connectivity index (χ3n) is 1.41. The van der Waals surface area contributed by atoms with E-state index in [4.69, 9.17) is 16.9 Å². The van der Waals surface area contributed by atoms with Crippen LogP contribution in [0.25, 0.3) is 0 Å². The van der Waals surface area contributed by atoms with Crippen molar-refractivity contribution in [3.8, 4) is 6.07 Å². The number of hydrogen-bond donors (Lipinski definition) is 0. The van der Waals surface area contributed by atoms with Gasteiger partial charge in [-0.15, -0.1) is 0 Å². The Morgan fingerprint density at radius 2 is 2.27 bits per heavy atom. The van der Waals surface area contributed by atoms with E-state index >= 15 is 0 Å². The van der Waals surface area contributed by atoms with E-state index in [0.29, 0.717) is 6.42 Å². The Morgan fingerprint density at radius 3 is 2.91 bits per heavy atom. The van der Waals surface area contributed by atoms with E-state index in [0.717, 1.165) is 17.0 Å². The number of nitrogens with zero attached hydrogens (tertiary/aromatic N) is 1. The van der Waals surface area contributed by atoms with Crippen LogP contribution in [0.1, 0.15) is 12.0 Å². The zero-order valence-corrected chi connectivity index (χ0v) is 6.80. The second kappa shape index (κ2) is 4.00. The second-order valence-electron chi connectivity index (χ2n) is 2.29. The van der Waals surface area contributed by atoms with Crippen molar-refractivity contribution in [3.05, 3.63) is 34.9 Å². The van der Waals surface area contributed by atoms with Crippen LogP contribution in [0.3, 0.4) is 0 Å². The zero-order valence-electron chi connectivity index (χ0n) is 6.05. The van der Waals surface area contributed by atoms with Crippen molar-refractivity contribution in [2.75, 3.05) is 0 Å². The lowest BCUT2D eigenvalue weighted by atomic mass is 10.1. The van der Waals surface area contributed by atoms with Crippen molar-refractivity contribution < 1.29 is 0 Å². The van der Waals surface area contributed by atoms with E-state index in [1.807, 2.05) is 24.3 Å². The molecule has 0 fully saturated rings. The van der Waals surface area contributed by atoms with Crippen LogP contribution in [0.2, 0.25) is 5.02 Å². The first kappa shape index (κ1) is 8.10. The fourth-order valence-corrected chi connectivity index (χ4v) is 1.11. The average Bonchev–Trinajstić information content (AvgIpc) is 2.01. The summed E-state index contributed by atoms with van der Waals surface area (Å²) < 4.78 is 0. The van der Waals surface area contributed by atoms with Crippen molar-refractivity contribution in [1.82, 2.24) is 0 Å². The fourth-order valence-electron chi connectivity index (χ4n) is 0.893. The third kappa shape index (κ3) is 2.61. The minimum absolute atomic E-state index is 0.556. The van der Waals surface area contributed by atoms with Gasteiger partial charge in [-0.25, -0.2) is 0 Å². The predicted octanol–water partition coefficient (Wildman–Crippen LogP) is 2.80. The van der Waals surface area contributed by atoms with E-state index in [2.05, 4.69) is 6.07 Å². The molecule has 0 bridgehead atoms. The summed E-state index contributed by atoms with van der Waals surface area (Å²) in [4.78, 5) is 0. The molecule has 0 aliphatic carbocycles. The molecular formula is C9H8ClN. The van der Waals surface area contributed by atoms with Crippen LogP contribution in [0, 0.1) is 11.3 Å². The van der Waals surface area contributed by atoms with Crippen LogP contribution in [0.4, 0.5) is 0 Å². The van der Waals surface area contributed by atoms with Gasteiger partial charge in [-0.3, -0.25) is 0 Å². The van der Waals surface area contributed by atoms with Crippen LogP contribution < -0.4 is 0 Å². The normalized spacial score (nSPS) is 9.09. The summed E-state index contributed by atoms with van der Waals surface area (Å²) >= 11 is 5.74. The van der Waals surface area contributed by atoms with Gasteiger partial charge in [-0.05, 0) is 24.1 Å². The van der Waals surface area contributed by atoms with Crippen molar-refractivity contribution in [1.29, 1.82) is 5.26 Å². The molecule has 0 saturated heterocycles. The first-order valence-electron chi connectivity index (χ1n) is 3.44. The summed E-state index contributed by atoms with van der Waals surface area (Å²) in [5.74, 6) is 0. The highest BCUT2D eigenvalue weighted by Gasteiger charge is 1.92. The molecule has 1 aromatic rings. The SMILES string of the molecule is N#CCCc1cccc(Cl)c1. The van der Waals surface area contributed by atoms with Crippen LogP contribution in [0.15, 0.2) is 24.3 Å². The molecule has 1 nitrogen and oxygen atoms in total. The Balaban J connectivity index is 2.65. The largest absolute Gasteiger partial charge is 0.198 e. The number of halogens is 1. The van der Waals surface area contributed by atoms with E-state index in [-0.39, 0.29) is 0 Å². The molecule has 11 heavy (non-hydrogen) atoms. The Bertz CT molecular complexity index is 275. The Morgan fingerprint density at radius 1 is 1.45 bits per heavy atom. The second-order valence-corrected chi connectivity index (χ2v) is 2.72. The molecule has 0 unspecified atom stereocenters. The average molecular weight is 166 g/mol. The predicted molar refractivity (Wildman–Crippen MR) is 45.4 cm³/mol. The topological polar surface area (TPSA) is 23.8 Å². The summed E-state index contributed by atoms with van der Waals surface area (Å²) in [6.45, 7) is 0. The molecule has 0 aromatic heterocycles. The van der Waals surface area contributed by atoms with Gasteiger partial charge in [0.1, 0.15) is 0 Å². The van der Waals surface area contributed by atoms with Crippen molar-refractivity contribution in [2.45, 2.75) is 12.8 Å². The van der Waals surface area contributed by atoms with Crippen LogP contribution in [0.5, 0.6) is 0 Å². The molecule has 0 atom stereocenters. The maximum atomic E-state index is 8.31. The molecule has 1 aromatic carbocycles. The van der Waals surface area contributed by atoms with Gasteiger partial charge < -0.3 is 0 Å². The maximum Gasteiger partial charge on any atom is 0.0625 e. The van der Waals surface area contributed by atoms with Gasteiger partial charge in [-0.2, -0.15) is 5.26 Å². The maximum absolute atomic E-state index is 8.31. The molecular weight excluding hydrogens is 158 g/mol. The molecule has 1 rings (SSSR count). The lowest BCUT2D eigenvalue weighted by Crippen LogP contribution is -1.81. The Labute approximate surface area is 71.2 Å². The molecule has 0 spiro atoms. The third-order valence-corrected chi connectivity index (χ3v) is 1.65. The number of aryl methyl sites for hydroxylation is 1. The molecule has 0 saturated carbocycles. The lowest BCUT2D eigenvalue weighted by molar-refractivity contribution is 1.01. The molecule has 0 aliphatic rings. The van der Waals surface area contributed by atoms with Gasteiger partial charge in [0.25, 0.3) is 0 Å². The van der Waals surface area contributed by atoms with E-state index in [1.165, 1.54) is 0 Å². The van der Waals surface area contributed by atoms with Crippen molar-refractivity contribution >= 4 is 11.6 Å². The minimum Gasteiger partial charge on any atom is -0.198 e. The smallest absolute Gasteiger partial charge is 0.0625 e. The highest BCUT2D eigenvalue weighted by Crippen LogP contribution is 2.11. The highest BCUT2D eigenvalue weighted by atomic mass is 35.5. The van der Waals surface area contributed by atoms with Gasteiger partial charge in [0, 0.05) is 11.4 Å². The molecule has 0 amide bonds. The molecule has 0 N–H and O–H groups in total. The summed E-state index contributed by atoms with van der Waals surface area (Å²) in [5, 5.41) is 9.05. The van der Waals surface area contributed by atoms with Gasteiger partial charge in [0.05, 0.1) is 6.07 Å². The molecule has 0 heterocycles. The molecule has 56 valence electrons. The highest BCUT2D eigenvalue weighted by molar-refractivity contribution is 6.30. The Kier molecular flexibility index (Phi) is 2.95. The first-order valence-corrected chi connectivity index (χ1v) is 3.82. The molecule has 0 aliphatic heterocycles. The minimum atomic E-state index is 0.556. The lowest BCUT2D eigenvalue weighted by Gasteiger charge is -1.95. The number of hydrogen-bond acceptors (Lipinski definition) is 1. The number of benzene rings is 1. The molecule has 2 heteroatoms. The van der Waals surface area contributed by atoms with E-state index < -0.39 is 0 Å². The van der Waals surface area contributed by atoms with Crippen LogP contribution >= 0.6 is 11.6 Å². The standard InChI is InChI=1S/C9H8ClN/c10-9-5-1-3-8(7-9)4-2-6-11/h1,3,5,7H,2,4H2. The van der Waals surface area contributed by atoms with Crippen LogP contribution in [-0.4, -0.2) is 0 Å². The fraction of sp³-hybridized carbons (Fsp3) is 0.222. The Hall–Kier alpha value is -1.00. The van der Waals surface area contributed by atoms with E-state index in [9.17, 15) is 0 Å². The molecule has 0 radical (unpaired) electrons. The van der Waals surface area contributed by atoms with Gasteiger partial charge in [0.2, 0.25) is 0 Å². The first-order chi connectivity index (χ1) is 5.33. The summed E-state index contributed by atoms with van der Waals surface area (Å²) in [6.07, 6.45) is 1.34. The zero-order chi connectivity index (χ0) is 8.10. The monoisotopic (exact) mass is 165 g/mol. The summed E-state index contributed by atoms with van der Waals surface area (Å²) in [7, 11) is 0. The number of nitriles is 1. The van der Waals surface area contributed by atoms with Gasteiger partial charge >= 0.3 is 0 Å². The van der Waals surface area contributed by atoms with Gasteiger partial charge in [0.15, 0.2) is 0 Å². The summed E-state index contributed by atoms with van der Waals surface area (Å²) in [6, 6.07) is 9.68. The van der Waals surface area contributed by atoms with Gasteiger partial charge in [-0.1, -0.05) is 23.7 Å². The van der Waals surface area contributed by atoms with Crippen molar-refractivity contribution in [2.24, 2.45) is 0 Å². The van der Waals surface area contributed by atoms with Crippen LogP contribution in [-0.2, 0) is 6.42 Å². The van der Waals surface area contributed by atoms with E-state index in [1.54, 1.807) is 0 Å². The summed E-state index contributed by atoms with van der Waals surface area (Å²) in [5.41, 5.74) is 1.12. The van der Waals surface area contributed by atoms with Crippen molar-refractivity contribution in [3.63, 3.8) is 0 Å². The number of rotatable bonds is 2. The quantitative estimate of drug-likeness (QED) is 0.661.